The van der Waals surface area contributed by atoms with Crippen LogP contribution in [-0.4, -0.2) is 58.9 Å². The second-order valence-corrected chi connectivity index (χ2v) is 6.91. The van der Waals surface area contributed by atoms with Crippen LogP contribution >= 0.6 is 0 Å². The van der Waals surface area contributed by atoms with Gasteiger partial charge in [-0.1, -0.05) is 0 Å². The van der Waals surface area contributed by atoms with E-state index < -0.39 is 5.91 Å². The van der Waals surface area contributed by atoms with Gasteiger partial charge >= 0.3 is 6.03 Å². The number of nitrogens with one attached hydrogen (secondary N) is 2. The number of rotatable bonds is 3. The lowest BCUT2D eigenvalue weighted by Crippen LogP contribution is -2.38. The molecule has 2 aromatic rings. The Kier molecular flexibility index (Phi) is 4.09. The van der Waals surface area contributed by atoms with Crippen molar-refractivity contribution in [2.24, 2.45) is 5.73 Å². The molecular weight excluding hydrogens is 318 g/mol. The van der Waals surface area contributed by atoms with Gasteiger partial charge in [-0.2, -0.15) is 0 Å². The Morgan fingerprint density at radius 3 is 2.72 bits per heavy atom. The van der Waals surface area contributed by atoms with Gasteiger partial charge < -0.3 is 20.9 Å². The number of nitrogens with two attached hydrogens (primary N) is 1. The molecule has 0 saturated carbocycles. The zero-order valence-electron chi connectivity index (χ0n) is 14.1. The van der Waals surface area contributed by atoms with Crippen LogP contribution in [0, 0.1) is 0 Å². The number of benzene rings is 1. The van der Waals surface area contributed by atoms with E-state index >= 15 is 0 Å². The molecule has 0 spiro atoms. The van der Waals surface area contributed by atoms with Crippen LogP contribution in [0.4, 0.5) is 10.5 Å². The molecule has 7 nitrogen and oxygen atoms in total. The first-order chi connectivity index (χ1) is 12.1. The van der Waals surface area contributed by atoms with Crippen molar-refractivity contribution >= 4 is 28.5 Å². The highest BCUT2D eigenvalue weighted by atomic mass is 16.2. The molecule has 4 N–H and O–H groups in total. The van der Waals surface area contributed by atoms with Crippen molar-refractivity contribution < 1.29 is 9.59 Å². The smallest absolute Gasteiger partial charge is 0.321 e. The maximum atomic E-state index is 12.5. The molecule has 2 aliphatic heterocycles. The number of aromatic nitrogens is 1. The molecule has 25 heavy (non-hydrogen) atoms. The highest BCUT2D eigenvalue weighted by molar-refractivity contribution is 5.99. The number of urea groups is 1. The zero-order valence-corrected chi connectivity index (χ0v) is 14.1. The van der Waals surface area contributed by atoms with Gasteiger partial charge in [-0.3, -0.25) is 9.69 Å². The van der Waals surface area contributed by atoms with Crippen LogP contribution in [0.5, 0.6) is 0 Å². The fraction of sp³-hybridized carbons (Fsp3) is 0.444. The monoisotopic (exact) mass is 341 g/mol. The van der Waals surface area contributed by atoms with Gasteiger partial charge in [0, 0.05) is 35.7 Å². The Morgan fingerprint density at radius 1 is 1.16 bits per heavy atom. The second-order valence-electron chi connectivity index (χ2n) is 6.91. The van der Waals surface area contributed by atoms with E-state index in [0.717, 1.165) is 49.2 Å². The molecule has 2 saturated heterocycles. The highest BCUT2D eigenvalue weighted by Crippen LogP contribution is 2.23. The van der Waals surface area contributed by atoms with Crippen LogP contribution < -0.4 is 11.1 Å². The zero-order chi connectivity index (χ0) is 17.4. The lowest BCUT2D eigenvalue weighted by atomic mass is 10.2. The number of fused-ring (bicyclic) bond motifs is 1. The number of aromatic amines is 1. The minimum Gasteiger partial charge on any atom is -0.364 e. The van der Waals surface area contributed by atoms with E-state index in [9.17, 15) is 9.59 Å². The molecule has 4 rings (SSSR count). The minimum atomic E-state index is -0.494. The molecule has 2 aliphatic rings. The number of nitrogens with zero attached hydrogens (tertiary/aromatic N) is 2. The van der Waals surface area contributed by atoms with Gasteiger partial charge in [-0.25, -0.2) is 4.79 Å². The summed E-state index contributed by atoms with van der Waals surface area (Å²) in [7, 11) is 0. The normalized spacial score (nSPS) is 21.1. The van der Waals surface area contributed by atoms with E-state index in [4.69, 9.17) is 5.73 Å². The summed E-state index contributed by atoms with van der Waals surface area (Å²) < 4.78 is 0. The van der Waals surface area contributed by atoms with Crippen molar-refractivity contribution in [2.45, 2.75) is 25.3 Å². The Balaban J connectivity index is 1.42. The number of hydrogen-bond acceptors (Lipinski definition) is 3. The summed E-state index contributed by atoms with van der Waals surface area (Å²) >= 11 is 0. The fourth-order valence-corrected chi connectivity index (χ4v) is 3.88. The summed E-state index contributed by atoms with van der Waals surface area (Å²) in [5.41, 5.74) is 7.20. The summed E-state index contributed by atoms with van der Waals surface area (Å²) in [5.74, 6) is -0.494. The standard InChI is InChI=1S/C18H23N5O2/c19-17(24)16-10-12-9-13(3-4-15(12)21-16)20-18(25)23-8-5-14(11-23)22-6-1-2-7-22/h3-4,9-10,14,21H,1-2,5-8,11H2,(H2,19,24)(H,20,25). The topological polar surface area (TPSA) is 94.5 Å². The number of H-pyrrole nitrogens is 1. The van der Waals surface area contributed by atoms with Gasteiger partial charge in [-0.05, 0) is 56.6 Å². The number of carbonyl (C=O) groups is 2. The Labute approximate surface area is 146 Å². The molecule has 1 unspecified atom stereocenters. The summed E-state index contributed by atoms with van der Waals surface area (Å²) in [5, 5.41) is 3.81. The second kappa shape index (κ2) is 6.40. The van der Waals surface area contributed by atoms with Gasteiger partial charge in [0.1, 0.15) is 5.69 Å². The van der Waals surface area contributed by atoms with E-state index in [1.54, 1.807) is 6.07 Å². The summed E-state index contributed by atoms with van der Waals surface area (Å²) in [6.45, 7) is 3.91. The largest absolute Gasteiger partial charge is 0.364 e. The molecule has 0 radical (unpaired) electrons. The highest BCUT2D eigenvalue weighted by Gasteiger charge is 2.31. The maximum Gasteiger partial charge on any atom is 0.321 e. The summed E-state index contributed by atoms with van der Waals surface area (Å²) in [6, 6.07) is 7.66. The molecule has 132 valence electrons. The Morgan fingerprint density at radius 2 is 1.96 bits per heavy atom. The van der Waals surface area contributed by atoms with E-state index in [2.05, 4.69) is 15.2 Å². The molecule has 1 aromatic carbocycles. The van der Waals surface area contributed by atoms with Crippen LogP contribution in [0.25, 0.3) is 10.9 Å². The lowest BCUT2D eigenvalue weighted by Gasteiger charge is -2.23. The van der Waals surface area contributed by atoms with Gasteiger partial charge in [-0.15, -0.1) is 0 Å². The number of primary amides is 1. The van der Waals surface area contributed by atoms with Crippen molar-refractivity contribution in [1.82, 2.24) is 14.8 Å². The lowest BCUT2D eigenvalue weighted by molar-refractivity contribution is 0.0996. The molecule has 0 aliphatic carbocycles. The molecule has 0 bridgehead atoms. The first-order valence-corrected chi connectivity index (χ1v) is 8.83. The molecule has 1 aromatic heterocycles. The van der Waals surface area contributed by atoms with Crippen molar-refractivity contribution in [3.63, 3.8) is 0 Å². The molecule has 3 heterocycles. The Hall–Kier alpha value is -2.54. The van der Waals surface area contributed by atoms with Crippen LogP contribution in [0.15, 0.2) is 24.3 Å². The third-order valence-corrected chi connectivity index (χ3v) is 5.25. The Bertz CT molecular complexity index is 809. The van der Waals surface area contributed by atoms with Crippen molar-refractivity contribution in [2.75, 3.05) is 31.5 Å². The predicted octanol–water partition coefficient (Wildman–Crippen LogP) is 1.97. The van der Waals surface area contributed by atoms with E-state index in [0.29, 0.717) is 11.7 Å². The average Bonchev–Trinajstić information content (AvgIpc) is 3.33. The van der Waals surface area contributed by atoms with Crippen LogP contribution in [0.1, 0.15) is 29.8 Å². The third kappa shape index (κ3) is 3.19. The number of likely N-dealkylation sites (tertiary alicyclic amines) is 2. The quantitative estimate of drug-likeness (QED) is 0.796. The maximum absolute atomic E-state index is 12.5. The number of hydrogen-bond donors (Lipinski definition) is 3. The van der Waals surface area contributed by atoms with E-state index in [1.807, 2.05) is 23.1 Å². The molecule has 3 amide bonds. The first-order valence-electron chi connectivity index (χ1n) is 8.83. The summed E-state index contributed by atoms with van der Waals surface area (Å²) in [4.78, 5) is 31.2. The fourth-order valence-electron chi connectivity index (χ4n) is 3.88. The average molecular weight is 341 g/mol. The molecule has 2 fully saturated rings. The minimum absolute atomic E-state index is 0.0632. The van der Waals surface area contributed by atoms with E-state index in [-0.39, 0.29) is 6.03 Å². The van der Waals surface area contributed by atoms with Gasteiger partial charge in [0.25, 0.3) is 5.91 Å². The van der Waals surface area contributed by atoms with Crippen LogP contribution in [-0.2, 0) is 0 Å². The molecule has 7 heteroatoms. The third-order valence-electron chi connectivity index (χ3n) is 5.25. The number of amides is 3. The number of carbonyl (C=O) groups excluding carboxylic acids is 2. The van der Waals surface area contributed by atoms with Gasteiger partial charge in [0.2, 0.25) is 0 Å². The van der Waals surface area contributed by atoms with Gasteiger partial charge in [0.15, 0.2) is 0 Å². The SMILES string of the molecule is NC(=O)c1cc2cc(NC(=O)N3CCC(N4CCCC4)C3)ccc2[nH]1. The molecule has 1 atom stereocenters. The summed E-state index contributed by atoms with van der Waals surface area (Å²) in [6.07, 6.45) is 3.59. The number of anilines is 1. The van der Waals surface area contributed by atoms with Crippen LogP contribution in [0.3, 0.4) is 0 Å². The molecular formula is C18H23N5O2. The predicted molar refractivity (Wildman–Crippen MR) is 96.6 cm³/mol. The van der Waals surface area contributed by atoms with E-state index in [1.165, 1.54) is 12.8 Å². The van der Waals surface area contributed by atoms with Crippen molar-refractivity contribution in [3.05, 3.63) is 30.0 Å². The first kappa shape index (κ1) is 16.0. The van der Waals surface area contributed by atoms with Gasteiger partial charge in [0.05, 0.1) is 0 Å². The van der Waals surface area contributed by atoms with Crippen LogP contribution in [0.2, 0.25) is 0 Å². The van der Waals surface area contributed by atoms with Crippen molar-refractivity contribution in [1.29, 1.82) is 0 Å². The van der Waals surface area contributed by atoms with Crippen molar-refractivity contribution in [3.8, 4) is 0 Å².